The quantitative estimate of drug-likeness (QED) is 0.625. The molecule has 1 N–H and O–H groups in total. The van der Waals surface area contributed by atoms with Gasteiger partial charge < -0.3 is 0 Å². The minimum Gasteiger partial charge on any atom is -0.267 e. The molecule has 2 rings (SSSR count). The van der Waals surface area contributed by atoms with E-state index in [9.17, 15) is 4.79 Å². The first-order valence-corrected chi connectivity index (χ1v) is 7.48. The largest absolute Gasteiger partial charge is 0.272 e. The van der Waals surface area contributed by atoms with E-state index in [1.165, 1.54) is 17.4 Å². The molecule has 20 heavy (non-hydrogen) atoms. The zero-order valence-electron chi connectivity index (χ0n) is 10.3. The average molecular weight is 348 g/mol. The molecular weight excluding hydrogens is 339 g/mol. The molecule has 0 aliphatic carbocycles. The van der Waals surface area contributed by atoms with Gasteiger partial charge in [-0.25, -0.2) is 5.43 Å². The first kappa shape index (κ1) is 15.3. The summed E-state index contributed by atoms with van der Waals surface area (Å²) < 4.78 is 0.668. The van der Waals surface area contributed by atoms with Gasteiger partial charge in [0.05, 0.1) is 25.5 Å². The van der Waals surface area contributed by atoms with Crippen molar-refractivity contribution in [3.05, 3.63) is 55.2 Å². The summed E-state index contributed by atoms with van der Waals surface area (Å²) in [6.07, 6.45) is 0. The molecule has 0 fully saturated rings. The fraction of sp³-hybridized carbons (Fsp3) is 0.0769. The van der Waals surface area contributed by atoms with E-state index < -0.39 is 5.91 Å². The monoisotopic (exact) mass is 346 g/mol. The minimum atomic E-state index is -0.395. The lowest BCUT2D eigenvalue weighted by molar-refractivity contribution is 0.0955. The molecule has 1 aromatic heterocycles. The van der Waals surface area contributed by atoms with Crippen LogP contribution >= 0.6 is 46.1 Å². The molecule has 0 spiro atoms. The summed E-state index contributed by atoms with van der Waals surface area (Å²) in [5, 5.41) is 4.78. The number of carbonyl (C=O) groups is 1. The number of rotatable bonds is 3. The molecule has 1 heterocycles. The van der Waals surface area contributed by atoms with E-state index in [4.69, 9.17) is 34.8 Å². The lowest BCUT2D eigenvalue weighted by Gasteiger charge is -2.04. The van der Waals surface area contributed by atoms with Crippen LogP contribution in [0.5, 0.6) is 0 Å². The van der Waals surface area contributed by atoms with Gasteiger partial charge in [0.25, 0.3) is 5.91 Å². The Kier molecular flexibility index (Phi) is 5.05. The van der Waals surface area contributed by atoms with Crippen molar-refractivity contribution in [2.45, 2.75) is 6.92 Å². The molecule has 0 bridgehead atoms. The van der Waals surface area contributed by atoms with Crippen LogP contribution in [0.3, 0.4) is 0 Å². The third kappa shape index (κ3) is 3.73. The third-order valence-corrected chi connectivity index (χ3v) is 4.32. The van der Waals surface area contributed by atoms with Crippen LogP contribution in [-0.2, 0) is 0 Å². The summed E-state index contributed by atoms with van der Waals surface area (Å²) in [5.41, 5.74) is 3.44. The Morgan fingerprint density at radius 1 is 1.20 bits per heavy atom. The summed E-state index contributed by atoms with van der Waals surface area (Å²) in [6, 6.07) is 8.27. The van der Waals surface area contributed by atoms with Gasteiger partial charge in [0.15, 0.2) is 0 Å². The second kappa shape index (κ2) is 6.59. The van der Waals surface area contributed by atoms with Gasteiger partial charge in [-0.2, -0.15) is 5.10 Å². The van der Waals surface area contributed by atoms with Crippen molar-refractivity contribution in [3.8, 4) is 0 Å². The summed E-state index contributed by atoms with van der Waals surface area (Å²) in [5.74, 6) is -0.395. The zero-order valence-corrected chi connectivity index (χ0v) is 13.4. The molecular formula is C13H9Cl3N2OS. The highest BCUT2D eigenvalue weighted by Crippen LogP contribution is 2.22. The number of thiophene rings is 1. The molecule has 0 aliphatic heterocycles. The summed E-state index contributed by atoms with van der Waals surface area (Å²) in [6.45, 7) is 1.78. The Morgan fingerprint density at radius 3 is 2.55 bits per heavy atom. The van der Waals surface area contributed by atoms with Crippen LogP contribution in [0.25, 0.3) is 0 Å². The highest BCUT2D eigenvalue weighted by atomic mass is 35.5. The number of nitrogens with one attached hydrogen (secondary N) is 1. The molecule has 0 saturated heterocycles. The van der Waals surface area contributed by atoms with Crippen LogP contribution in [0.2, 0.25) is 14.4 Å². The summed E-state index contributed by atoms with van der Waals surface area (Å²) in [7, 11) is 0. The Bertz CT molecular complexity index is 682. The van der Waals surface area contributed by atoms with Crippen molar-refractivity contribution >= 4 is 57.8 Å². The van der Waals surface area contributed by atoms with Gasteiger partial charge in [-0.1, -0.05) is 34.8 Å². The van der Waals surface area contributed by atoms with Crippen LogP contribution in [0.1, 0.15) is 22.2 Å². The van der Waals surface area contributed by atoms with Crippen molar-refractivity contribution in [2.75, 3.05) is 0 Å². The number of hydrazone groups is 1. The molecule has 7 heteroatoms. The molecule has 104 valence electrons. The van der Waals surface area contributed by atoms with E-state index in [1.54, 1.807) is 25.1 Å². The first-order chi connectivity index (χ1) is 9.47. The van der Waals surface area contributed by atoms with Gasteiger partial charge in [-0.3, -0.25) is 4.79 Å². The van der Waals surface area contributed by atoms with E-state index in [2.05, 4.69) is 10.5 Å². The van der Waals surface area contributed by atoms with Crippen molar-refractivity contribution in [2.24, 2.45) is 5.10 Å². The van der Waals surface area contributed by atoms with Gasteiger partial charge in [0.2, 0.25) is 0 Å². The molecule has 1 aromatic carbocycles. The van der Waals surface area contributed by atoms with E-state index in [0.717, 1.165) is 4.88 Å². The average Bonchev–Trinajstić information content (AvgIpc) is 2.82. The smallest absolute Gasteiger partial charge is 0.267 e. The van der Waals surface area contributed by atoms with Crippen molar-refractivity contribution in [1.82, 2.24) is 5.43 Å². The van der Waals surface area contributed by atoms with E-state index in [0.29, 0.717) is 20.6 Å². The van der Waals surface area contributed by atoms with Crippen molar-refractivity contribution < 1.29 is 4.79 Å². The van der Waals surface area contributed by atoms with E-state index in [1.807, 2.05) is 6.07 Å². The van der Waals surface area contributed by atoms with Crippen LogP contribution in [0.15, 0.2) is 35.4 Å². The fourth-order valence-corrected chi connectivity index (χ4v) is 2.91. The standard InChI is InChI=1S/C13H9Cl3N2OS/c1-7(11-4-5-12(16)20-11)17-18-13(19)9-3-2-8(14)6-10(9)15/h2-6H,1H3,(H,18,19)/b17-7+. The second-order valence-electron chi connectivity index (χ2n) is 3.87. The highest BCUT2D eigenvalue weighted by molar-refractivity contribution is 7.18. The molecule has 3 nitrogen and oxygen atoms in total. The fourth-order valence-electron chi connectivity index (χ4n) is 1.43. The lowest BCUT2D eigenvalue weighted by atomic mass is 10.2. The van der Waals surface area contributed by atoms with Gasteiger partial charge in [0, 0.05) is 5.02 Å². The van der Waals surface area contributed by atoms with Crippen LogP contribution < -0.4 is 5.43 Å². The molecule has 0 unspecified atom stereocenters. The number of halogens is 3. The third-order valence-electron chi connectivity index (χ3n) is 2.43. The van der Waals surface area contributed by atoms with Gasteiger partial charge in [0.1, 0.15) is 0 Å². The normalized spacial score (nSPS) is 11.5. The number of carbonyl (C=O) groups excluding carboxylic acids is 1. The number of hydrogen-bond acceptors (Lipinski definition) is 3. The van der Waals surface area contributed by atoms with Gasteiger partial charge in [-0.15, -0.1) is 11.3 Å². The maximum atomic E-state index is 11.9. The van der Waals surface area contributed by atoms with E-state index >= 15 is 0 Å². The Morgan fingerprint density at radius 2 is 1.95 bits per heavy atom. The minimum absolute atomic E-state index is 0.280. The zero-order chi connectivity index (χ0) is 14.7. The number of hydrogen-bond donors (Lipinski definition) is 1. The number of amides is 1. The summed E-state index contributed by atoms with van der Waals surface area (Å²) >= 11 is 19.0. The predicted molar refractivity (Wildman–Crippen MR) is 85.5 cm³/mol. The van der Waals surface area contributed by atoms with Crippen LogP contribution in [0.4, 0.5) is 0 Å². The lowest BCUT2D eigenvalue weighted by Crippen LogP contribution is -2.19. The second-order valence-corrected chi connectivity index (χ2v) is 6.42. The molecule has 2 aromatic rings. The summed E-state index contributed by atoms with van der Waals surface area (Å²) in [4.78, 5) is 12.8. The topological polar surface area (TPSA) is 41.5 Å². The van der Waals surface area contributed by atoms with E-state index in [-0.39, 0.29) is 5.02 Å². The Balaban J connectivity index is 2.12. The molecule has 0 radical (unpaired) electrons. The Labute approximate surface area is 135 Å². The van der Waals surface area contributed by atoms with Gasteiger partial charge >= 0.3 is 0 Å². The molecule has 0 aliphatic rings. The van der Waals surface area contributed by atoms with Gasteiger partial charge in [-0.05, 0) is 37.3 Å². The van der Waals surface area contributed by atoms with Crippen LogP contribution in [-0.4, -0.2) is 11.6 Å². The van der Waals surface area contributed by atoms with Crippen molar-refractivity contribution in [1.29, 1.82) is 0 Å². The highest BCUT2D eigenvalue weighted by Gasteiger charge is 2.10. The maximum Gasteiger partial charge on any atom is 0.272 e. The molecule has 0 atom stereocenters. The van der Waals surface area contributed by atoms with Crippen molar-refractivity contribution in [3.63, 3.8) is 0 Å². The molecule has 1 amide bonds. The SMILES string of the molecule is C/C(=N\NC(=O)c1ccc(Cl)cc1Cl)c1ccc(Cl)s1. The maximum absolute atomic E-state index is 11.9. The number of nitrogens with zero attached hydrogens (tertiary/aromatic N) is 1. The first-order valence-electron chi connectivity index (χ1n) is 5.53. The molecule has 0 saturated carbocycles. The number of benzene rings is 1. The van der Waals surface area contributed by atoms with Crippen LogP contribution in [0, 0.1) is 0 Å². The predicted octanol–water partition coefficient (Wildman–Crippen LogP) is 4.86. The Hall–Kier alpha value is -1.07.